The molecule has 1 saturated heterocycles. The molecule has 4 N–H and O–H groups in total. The van der Waals surface area contributed by atoms with Gasteiger partial charge in [-0.1, -0.05) is 13.8 Å². The van der Waals surface area contributed by atoms with Crippen LogP contribution in [-0.2, 0) is 14.4 Å². The molecular formula is C13H23N3O4. The van der Waals surface area contributed by atoms with Crippen molar-refractivity contribution < 1.29 is 24.8 Å². The van der Waals surface area contributed by atoms with Crippen LogP contribution in [0.25, 0.3) is 0 Å². The van der Waals surface area contributed by atoms with Gasteiger partial charge in [-0.2, -0.15) is 0 Å². The molecule has 114 valence electrons. The Kier molecular flexibility index (Phi) is 6.44. The number of hydrogen-bond acceptors (Lipinski definition) is 4. The standard InChI is InChI=1S/C13H23N3O4/c1-8(2)6-10(12(19)15-7-11(17)18)16-13(20)9-4-3-5-14-9/h8-10,14H,3-7H2,1-2H3,(H,15,19)(H,16,20)(H,17,18)/t9-,10+/m0/s1. The van der Waals surface area contributed by atoms with Crippen LogP contribution < -0.4 is 21.1 Å². The van der Waals surface area contributed by atoms with Gasteiger partial charge < -0.3 is 25.9 Å². The van der Waals surface area contributed by atoms with Crippen LogP contribution in [0.15, 0.2) is 0 Å². The molecule has 1 fully saturated rings. The van der Waals surface area contributed by atoms with Crippen molar-refractivity contribution >= 4 is 17.8 Å². The third-order valence-electron chi connectivity index (χ3n) is 3.25. The van der Waals surface area contributed by atoms with Gasteiger partial charge in [-0.25, -0.2) is 0 Å². The van der Waals surface area contributed by atoms with Gasteiger partial charge in [0.2, 0.25) is 5.91 Å². The monoisotopic (exact) mass is 285 g/mol. The topological polar surface area (TPSA) is 115 Å². The molecule has 0 spiro atoms. The second-order valence-corrected chi connectivity index (χ2v) is 5.55. The number of amides is 2. The highest BCUT2D eigenvalue weighted by molar-refractivity contribution is 5.90. The largest absolute Gasteiger partial charge is 0.548 e. The number of carboxylic acid groups (broad SMARTS) is 1. The smallest absolute Gasteiger partial charge is 0.278 e. The lowest BCUT2D eigenvalue weighted by atomic mass is 10.0. The maximum Gasteiger partial charge on any atom is 0.278 e. The molecular weight excluding hydrogens is 262 g/mol. The van der Waals surface area contributed by atoms with E-state index >= 15 is 0 Å². The zero-order chi connectivity index (χ0) is 15.1. The molecule has 7 nitrogen and oxygen atoms in total. The van der Waals surface area contributed by atoms with Crippen LogP contribution in [0.3, 0.4) is 0 Å². The predicted molar refractivity (Wildman–Crippen MR) is 69.2 cm³/mol. The van der Waals surface area contributed by atoms with Gasteiger partial charge in [-0.15, -0.1) is 0 Å². The lowest BCUT2D eigenvalue weighted by Gasteiger charge is -2.21. The molecule has 1 aliphatic rings. The summed E-state index contributed by atoms with van der Waals surface area (Å²) in [5.41, 5.74) is 0. The summed E-state index contributed by atoms with van der Waals surface area (Å²) in [7, 11) is 0. The van der Waals surface area contributed by atoms with E-state index in [0.717, 1.165) is 19.4 Å². The number of quaternary nitrogens is 1. The van der Waals surface area contributed by atoms with Crippen molar-refractivity contribution in [1.29, 1.82) is 0 Å². The first-order chi connectivity index (χ1) is 9.40. The van der Waals surface area contributed by atoms with E-state index < -0.39 is 24.5 Å². The summed E-state index contributed by atoms with van der Waals surface area (Å²) in [6, 6.07) is -0.838. The van der Waals surface area contributed by atoms with Gasteiger partial charge in [0, 0.05) is 12.8 Å². The highest BCUT2D eigenvalue weighted by Gasteiger charge is 2.30. The molecule has 1 rings (SSSR count). The molecule has 0 unspecified atom stereocenters. The third-order valence-corrected chi connectivity index (χ3v) is 3.25. The SMILES string of the molecule is CC(C)C[C@@H](NC(=O)[C@@H]1CCC[NH2+]1)C(=O)NCC(=O)[O-]. The Morgan fingerprint density at radius 2 is 2.05 bits per heavy atom. The van der Waals surface area contributed by atoms with Crippen molar-refractivity contribution in [3.05, 3.63) is 0 Å². The zero-order valence-electron chi connectivity index (χ0n) is 12.0. The molecule has 0 aromatic heterocycles. The summed E-state index contributed by atoms with van der Waals surface area (Å²) in [6.07, 6.45) is 2.27. The second-order valence-electron chi connectivity index (χ2n) is 5.55. The van der Waals surface area contributed by atoms with Crippen molar-refractivity contribution in [2.45, 2.75) is 45.2 Å². The van der Waals surface area contributed by atoms with Crippen LogP contribution in [0, 0.1) is 5.92 Å². The molecule has 0 bridgehead atoms. The average molecular weight is 285 g/mol. The zero-order valence-corrected chi connectivity index (χ0v) is 12.0. The Labute approximate surface area is 118 Å². The van der Waals surface area contributed by atoms with Gasteiger partial charge in [0.15, 0.2) is 6.04 Å². The van der Waals surface area contributed by atoms with E-state index in [-0.39, 0.29) is 17.9 Å². The maximum absolute atomic E-state index is 12.0. The minimum atomic E-state index is -1.35. The van der Waals surface area contributed by atoms with E-state index in [0.29, 0.717) is 6.42 Å². The van der Waals surface area contributed by atoms with E-state index in [9.17, 15) is 19.5 Å². The van der Waals surface area contributed by atoms with E-state index in [2.05, 4.69) is 10.6 Å². The molecule has 1 heterocycles. The summed E-state index contributed by atoms with van der Waals surface area (Å²) < 4.78 is 0. The average Bonchev–Trinajstić information content (AvgIpc) is 2.88. The first kappa shape index (κ1) is 16.4. The number of nitrogens with one attached hydrogen (secondary N) is 2. The molecule has 0 aliphatic carbocycles. The number of hydrogen-bond donors (Lipinski definition) is 3. The molecule has 0 radical (unpaired) electrons. The lowest BCUT2D eigenvalue weighted by molar-refractivity contribution is -0.657. The number of carboxylic acids is 1. The van der Waals surface area contributed by atoms with Crippen LogP contribution >= 0.6 is 0 Å². The minimum absolute atomic E-state index is 0.140. The van der Waals surface area contributed by atoms with Gasteiger partial charge in [-0.3, -0.25) is 9.59 Å². The number of aliphatic carboxylic acids is 1. The minimum Gasteiger partial charge on any atom is -0.548 e. The van der Waals surface area contributed by atoms with Crippen LogP contribution in [0.4, 0.5) is 0 Å². The first-order valence-electron chi connectivity index (χ1n) is 7.01. The fourth-order valence-electron chi connectivity index (χ4n) is 2.28. The van der Waals surface area contributed by atoms with Gasteiger partial charge in [0.1, 0.15) is 6.04 Å². The van der Waals surface area contributed by atoms with Crippen LogP contribution in [0.2, 0.25) is 0 Å². The summed E-state index contributed by atoms with van der Waals surface area (Å²) in [4.78, 5) is 34.3. The molecule has 20 heavy (non-hydrogen) atoms. The molecule has 2 amide bonds. The molecule has 2 atom stereocenters. The molecule has 7 heteroatoms. The van der Waals surface area contributed by atoms with E-state index in [1.54, 1.807) is 0 Å². The normalized spacial score (nSPS) is 19.6. The first-order valence-corrected chi connectivity index (χ1v) is 7.01. The third kappa shape index (κ3) is 5.56. The van der Waals surface area contributed by atoms with Crippen LogP contribution in [0.5, 0.6) is 0 Å². The summed E-state index contributed by atoms with van der Waals surface area (Å²) >= 11 is 0. The van der Waals surface area contributed by atoms with Crippen molar-refractivity contribution in [2.75, 3.05) is 13.1 Å². The van der Waals surface area contributed by atoms with Crippen molar-refractivity contribution in [1.82, 2.24) is 10.6 Å². The van der Waals surface area contributed by atoms with E-state index in [4.69, 9.17) is 0 Å². The molecule has 0 aromatic rings. The molecule has 0 saturated carbocycles. The van der Waals surface area contributed by atoms with Crippen molar-refractivity contribution in [3.63, 3.8) is 0 Å². The van der Waals surface area contributed by atoms with Crippen LogP contribution in [-0.4, -0.2) is 43.0 Å². The van der Waals surface area contributed by atoms with Crippen LogP contribution in [0.1, 0.15) is 33.1 Å². The van der Waals surface area contributed by atoms with Gasteiger partial charge >= 0.3 is 0 Å². The maximum atomic E-state index is 12.0. The quantitative estimate of drug-likeness (QED) is 0.466. The fraction of sp³-hybridized carbons (Fsp3) is 0.769. The lowest BCUT2D eigenvalue weighted by Crippen LogP contribution is -2.89. The Morgan fingerprint density at radius 3 is 2.55 bits per heavy atom. The Morgan fingerprint density at radius 1 is 1.35 bits per heavy atom. The van der Waals surface area contributed by atoms with Gasteiger partial charge in [0.05, 0.1) is 19.1 Å². The van der Waals surface area contributed by atoms with Gasteiger partial charge in [0.25, 0.3) is 5.91 Å². The van der Waals surface area contributed by atoms with Gasteiger partial charge in [-0.05, 0) is 12.3 Å². The number of carbonyl (C=O) groups is 3. The van der Waals surface area contributed by atoms with E-state index in [1.807, 2.05) is 19.2 Å². The number of carbonyl (C=O) groups excluding carboxylic acids is 3. The summed E-state index contributed by atoms with van der Waals surface area (Å²) in [5.74, 6) is -1.77. The Hall–Kier alpha value is -1.63. The number of nitrogens with two attached hydrogens (primary N) is 1. The highest BCUT2D eigenvalue weighted by atomic mass is 16.4. The second kappa shape index (κ2) is 7.84. The predicted octanol–water partition coefficient (Wildman–Crippen LogP) is -2.89. The molecule has 1 aliphatic heterocycles. The highest BCUT2D eigenvalue weighted by Crippen LogP contribution is 2.06. The summed E-state index contributed by atoms with van der Waals surface area (Å²) in [5, 5.41) is 17.3. The summed E-state index contributed by atoms with van der Waals surface area (Å²) in [6.45, 7) is 4.25. The van der Waals surface area contributed by atoms with Crippen molar-refractivity contribution in [3.8, 4) is 0 Å². The Bertz CT molecular complexity index is 365. The van der Waals surface area contributed by atoms with E-state index in [1.165, 1.54) is 0 Å². The van der Waals surface area contributed by atoms with Crippen molar-refractivity contribution in [2.24, 2.45) is 5.92 Å². The fourth-order valence-corrected chi connectivity index (χ4v) is 2.28. The molecule has 0 aromatic carbocycles. The Balaban J connectivity index is 2.55. The number of rotatable bonds is 7.